The minimum absolute atomic E-state index is 0.0361. The maximum absolute atomic E-state index is 12.0. The molecule has 0 fully saturated rings. The first-order valence-electron chi connectivity index (χ1n) is 5.12. The molecule has 0 saturated carbocycles. The summed E-state index contributed by atoms with van der Waals surface area (Å²) in [6, 6.07) is 5.60. The number of carbonyl (C=O) groups excluding carboxylic acids is 2. The fraction of sp³-hybridized carbons (Fsp3) is 0.231. The first-order valence-corrected chi connectivity index (χ1v) is 5.66. The Balaban J connectivity index is 2.76. The molecule has 0 N–H and O–H groups in total. The molecule has 1 aromatic carbocycles. The van der Waals surface area contributed by atoms with Gasteiger partial charge in [0.05, 0.1) is 12.3 Å². The monoisotopic (exact) mass is 288 g/mol. The Hall–Kier alpha value is -1.80. The zero-order chi connectivity index (χ0) is 14.5. The number of hydrogen-bond donors (Lipinski definition) is 0. The van der Waals surface area contributed by atoms with Crippen molar-refractivity contribution in [2.45, 2.75) is 12.6 Å². The van der Waals surface area contributed by atoms with Gasteiger partial charge >= 0.3 is 6.18 Å². The van der Waals surface area contributed by atoms with Crippen molar-refractivity contribution in [3.05, 3.63) is 35.4 Å². The summed E-state index contributed by atoms with van der Waals surface area (Å²) in [4.78, 5) is 22.1. The minimum Gasteiger partial charge on any atom is -0.294 e. The second kappa shape index (κ2) is 6.39. The molecular formula is C13H8ClF3O2. The van der Waals surface area contributed by atoms with Crippen molar-refractivity contribution in [1.82, 2.24) is 0 Å². The average Bonchev–Trinajstić information content (AvgIpc) is 2.35. The molecule has 0 saturated heterocycles. The summed E-state index contributed by atoms with van der Waals surface area (Å²) in [7, 11) is 0. The van der Waals surface area contributed by atoms with E-state index in [1.54, 1.807) is 0 Å². The molecule has 0 atom stereocenters. The SMILES string of the molecule is O=C(CC(=O)C(F)(F)F)c1ccc(C#CCCl)cc1. The summed E-state index contributed by atoms with van der Waals surface area (Å²) >= 11 is 5.36. The third-order valence-electron chi connectivity index (χ3n) is 2.14. The summed E-state index contributed by atoms with van der Waals surface area (Å²) in [6.45, 7) is 0. The lowest BCUT2D eigenvalue weighted by Crippen LogP contribution is -2.25. The van der Waals surface area contributed by atoms with E-state index in [-0.39, 0.29) is 11.4 Å². The Kier molecular flexibility index (Phi) is 5.13. The van der Waals surface area contributed by atoms with Crippen molar-refractivity contribution < 1.29 is 22.8 Å². The molecule has 0 spiro atoms. The predicted molar refractivity (Wildman–Crippen MR) is 64.0 cm³/mol. The highest BCUT2D eigenvalue weighted by Crippen LogP contribution is 2.19. The molecule has 0 unspecified atom stereocenters. The first kappa shape index (κ1) is 15.3. The average molecular weight is 289 g/mol. The summed E-state index contributed by atoms with van der Waals surface area (Å²) in [6.07, 6.45) is -6.17. The molecule has 1 rings (SSSR count). The lowest BCUT2D eigenvalue weighted by atomic mass is 10.0. The summed E-state index contributed by atoms with van der Waals surface area (Å²) in [5.41, 5.74) is 0.619. The van der Waals surface area contributed by atoms with E-state index in [1.165, 1.54) is 24.3 Å². The van der Waals surface area contributed by atoms with E-state index in [2.05, 4.69) is 11.8 Å². The van der Waals surface area contributed by atoms with E-state index in [0.717, 1.165) is 0 Å². The van der Waals surface area contributed by atoms with Crippen LogP contribution in [0.15, 0.2) is 24.3 Å². The van der Waals surface area contributed by atoms with Crippen LogP contribution in [-0.2, 0) is 4.79 Å². The van der Waals surface area contributed by atoms with Crippen molar-refractivity contribution in [2.24, 2.45) is 0 Å². The molecule has 0 radical (unpaired) electrons. The number of Topliss-reactive ketones (excluding diaryl/α,β-unsaturated/α-hetero) is 2. The van der Waals surface area contributed by atoms with Crippen LogP contribution in [0.4, 0.5) is 13.2 Å². The second-order valence-corrected chi connectivity index (χ2v) is 3.80. The van der Waals surface area contributed by atoms with Gasteiger partial charge in [0.2, 0.25) is 5.78 Å². The van der Waals surface area contributed by atoms with Crippen LogP contribution in [0.5, 0.6) is 0 Å². The summed E-state index contributed by atoms with van der Waals surface area (Å²) in [5.74, 6) is 2.50. The van der Waals surface area contributed by atoms with Gasteiger partial charge in [-0.3, -0.25) is 9.59 Å². The number of ketones is 2. The molecule has 0 amide bonds. The van der Waals surface area contributed by atoms with Gasteiger partial charge in [-0.1, -0.05) is 24.0 Å². The van der Waals surface area contributed by atoms with E-state index in [0.29, 0.717) is 5.56 Å². The maximum Gasteiger partial charge on any atom is 0.450 e. The fourth-order valence-corrected chi connectivity index (χ4v) is 1.29. The molecule has 0 aliphatic rings. The number of halogens is 4. The highest BCUT2D eigenvalue weighted by Gasteiger charge is 2.39. The molecular weight excluding hydrogens is 281 g/mol. The van der Waals surface area contributed by atoms with Gasteiger partial charge in [0, 0.05) is 11.1 Å². The minimum atomic E-state index is -4.98. The van der Waals surface area contributed by atoms with Gasteiger partial charge in [-0.05, 0) is 12.1 Å². The van der Waals surface area contributed by atoms with Crippen LogP contribution in [0, 0.1) is 11.8 Å². The predicted octanol–water partition coefficient (Wildman–Crippen LogP) is 2.98. The van der Waals surface area contributed by atoms with E-state index < -0.39 is 24.2 Å². The van der Waals surface area contributed by atoms with E-state index >= 15 is 0 Å². The molecule has 0 aliphatic carbocycles. The van der Waals surface area contributed by atoms with Crippen LogP contribution in [0.3, 0.4) is 0 Å². The number of alkyl halides is 4. The highest BCUT2D eigenvalue weighted by molar-refractivity contribution is 6.19. The Morgan fingerprint density at radius 2 is 1.74 bits per heavy atom. The van der Waals surface area contributed by atoms with E-state index in [9.17, 15) is 22.8 Å². The van der Waals surface area contributed by atoms with E-state index in [1.807, 2.05) is 0 Å². The van der Waals surface area contributed by atoms with Crippen LogP contribution in [0.25, 0.3) is 0 Å². The zero-order valence-electron chi connectivity index (χ0n) is 9.55. The Bertz CT molecular complexity index is 536. The van der Waals surface area contributed by atoms with Crippen LogP contribution >= 0.6 is 11.6 Å². The molecule has 0 bridgehead atoms. The van der Waals surface area contributed by atoms with Gasteiger partial charge in [-0.15, -0.1) is 11.6 Å². The molecule has 2 nitrogen and oxygen atoms in total. The van der Waals surface area contributed by atoms with Crippen molar-refractivity contribution in [3.63, 3.8) is 0 Å². The quantitative estimate of drug-likeness (QED) is 0.371. The van der Waals surface area contributed by atoms with Crippen LogP contribution in [0.1, 0.15) is 22.3 Å². The Morgan fingerprint density at radius 3 is 2.21 bits per heavy atom. The number of rotatable bonds is 3. The normalized spacial score (nSPS) is 10.5. The van der Waals surface area contributed by atoms with E-state index in [4.69, 9.17) is 11.6 Å². The lowest BCUT2D eigenvalue weighted by molar-refractivity contribution is -0.170. The smallest absolute Gasteiger partial charge is 0.294 e. The van der Waals surface area contributed by atoms with Gasteiger partial charge in [0.15, 0.2) is 5.78 Å². The molecule has 0 aromatic heterocycles. The molecule has 0 aliphatic heterocycles. The molecule has 0 heterocycles. The maximum atomic E-state index is 12.0. The summed E-state index contributed by atoms with van der Waals surface area (Å²) in [5, 5.41) is 0. The van der Waals surface area contributed by atoms with Crippen LogP contribution in [-0.4, -0.2) is 23.6 Å². The fourth-order valence-electron chi connectivity index (χ4n) is 1.22. The third kappa shape index (κ3) is 4.76. The largest absolute Gasteiger partial charge is 0.450 e. The van der Waals surface area contributed by atoms with Gasteiger partial charge in [-0.2, -0.15) is 13.2 Å². The van der Waals surface area contributed by atoms with Gasteiger partial charge in [0.25, 0.3) is 0 Å². The molecule has 19 heavy (non-hydrogen) atoms. The van der Waals surface area contributed by atoms with Crippen LogP contribution in [0.2, 0.25) is 0 Å². The first-order chi connectivity index (χ1) is 8.84. The third-order valence-corrected chi connectivity index (χ3v) is 2.28. The van der Waals surface area contributed by atoms with Crippen LogP contribution < -0.4 is 0 Å². The van der Waals surface area contributed by atoms with Crippen molar-refractivity contribution in [1.29, 1.82) is 0 Å². The van der Waals surface area contributed by atoms with Gasteiger partial charge < -0.3 is 0 Å². The lowest BCUT2D eigenvalue weighted by Gasteiger charge is -2.04. The molecule has 1 aromatic rings. The standard InChI is InChI=1S/C13H8ClF3O2/c14-7-1-2-9-3-5-10(6-4-9)11(18)8-12(19)13(15,16)17/h3-6H,7-8H2. The summed E-state index contributed by atoms with van der Waals surface area (Å²) < 4.78 is 36.0. The Labute approximate surface area is 112 Å². The highest BCUT2D eigenvalue weighted by atomic mass is 35.5. The van der Waals surface area contributed by atoms with Gasteiger partial charge in [-0.25, -0.2) is 0 Å². The Morgan fingerprint density at radius 1 is 1.16 bits per heavy atom. The second-order valence-electron chi connectivity index (χ2n) is 3.53. The van der Waals surface area contributed by atoms with Crippen molar-refractivity contribution in [3.8, 4) is 11.8 Å². The number of benzene rings is 1. The zero-order valence-corrected chi connectivity index (χ0v) is 10.3. The molecule has 6 heteroatoms. The van der Waals surface area contributed by atoms with Gasteiger partial charge in [0.1, 0.15) is 0 Å². The topological polar surface area (TPSA) is 34.1 Å². The number of hydrogen-bond acceptors (Lipinski definition) is 2. The van der Waals surface area contributed by atoms with Crippen molar-refractivity contribution in [2.75, 3.05) is 5.88 Å². The number of carbonyl (C=O) groups is 2. The molecule has 100 valence electrons. The van der Waals surface area contributed by atoms with Crippen molar-refractivity contribution >= 4 is 23.2 Å².